The number of aliphatic hydroxyl groups is 1. The minimum atomic E-state index is -4.62. The van der Waals surface area contributed by atoms with Gasteiger partial charge in [-0.25, -0.2) is 4.98 Å². The molecule has 2 saturated carbocycles. The number of aromatic nitrogens is 6. The number of aliphatic hydroxyl groups excluding tert-OH is 1. The molecular weight excluding hydrogens is 531 g/mol. The molecule has 220 valence electrons. The molecule has 6 rings (SSSR count). The highest BCUT2D eigenvalue weighted by Crippen LogP contribution is 2.44. The number of hydrogen-bond donors (Lipinski definition) is 3. The predicted molar refractivity (Wildman–Crippen MR) is 151 cm³/mol. The molecule has 3 N–H and O–H groups in total. The molecule has 0 saturated heterocycles. The van der Waals surface area contributed by atoms with Gasteiger partial charge in [-0.2, -0.15) is 18.3 Å². The molecule has 0 spiro atoms. The second-order valence-corrected chi connectivity index (χ2v) is 11.1. The van der Waals surface area contributed by atoms with Gasteiger partial charge in [0.05, 0.1) is 17.8 Å². The number of alkyl halides is 3. The number of aryl methyl sites for hydroxylation is 1. The van der Waals surface area contributed by atoms with Crippen molar-refractivity contribution < 1.29 is 18.3 Å². The molecule has 0 bridgehead atoms. The van der Waals surface area contributed by atoms with E-state index in [1.807, 2.05) is 49.7 Å². The van der Waals surface area contributed by atoms with Crippen LogP contribution in [0.2, 0.25) is 0 Å². The number of nitrogens with zero attached hydrogens (tertiary/aromatic N) is 5. The predicted octanol–water partition coefficient (Wildman–Crippen LogP) is 6.30. The molecular formula is C30H38F3N7O. The van der Waals surface area contributed by atoms with Crippen molar-refractivity contribution in [2.75, 3.05) is 6.61 Å². The standard InChI is InChI=1S/C28H32F3N7O.C2H6/c1-16(34-27(14-39)10-5-11-27)23-25-20(13-21(33-23)28(29,30)31)24(35-36-25)19-9-4-8-18(12-19)22(17-6-3-7-17)26-37-32-15-38(26)2;1-2/h4,8-9,12-13,15-17,22,34,39H,3,5-7,10-11,14H2,1-2H3,(H,35,36);1-2H3. The second-order valence-electron chi connectivity index (χ2n) is 11.1. The summed E-state index contributed by atoms with van der Waals surface area (Å²) in [4.78, 5) is 4.03. The summed E-state index contributed by atoms with van der Waals surface area (Å²) in [6.07, 6.45) is 2.93. The van der Waals surface area contributed by atoms with Crippen LogP contribution in [0.4, 0.5) is 13.2 Å². The van der Waals surface area contributed by atoms with E-state index in [0.29, 0.717) is 22.5 Å². The molecule has 2 aliphatic rings. The molecule has 2 aliphatic carbocycles. The Balaban J connectivity index is 0.00000165. The third-order valence-corrected chi connectivity index (χ3v) is 8.58. The topological polar surface area (TPSA) is 105 Å². The summed E-state index contributed by atoms with van der Waals surface area (Å²) < 4.78 is 44.0. The van der Waals surface area contributed by atoms with E-state index in [1.165, 1.54) is 6.42 Å². The van der Waals surface area contributed by atoms with Crippen molar-refractivity contribution in [3.63, 3.8) is 0 Å². The molecule has 0 aliphatic heterocycles. The maximum atomic E-state index is 14.0. The van der Waals surface area contributed by atoms with Crippen molar-refractivity contribution in [1.29, 1.82) is 0 Å². The lowest BCUT2D eigenvalue weighted by Crippen LogP contribution is -2.54. The fourth-order valence-electron chi connectivity index (χ4n) is 6.06. The summed E-state index contributed by atoms with van der Waals surface area (Å²) in [5.74, 6) is 1.35. The Bertz CT molecular complexity index is 1480. The Morgan fingerprint density at radius 3 is 2.49 bits per heavy atom. The fourth-order valence-corrected chi connectivity index (χ4v) is 6.06. The van der Waals surface area contributed by atoms with Crippen molar-refractivity contribution >= 4 is 10.9 Å². The lowest BCUT2D eigenvalue weighted by molar-refractivity contribution is -0.141. The van der Waals surface area contributed by atoms with E-state index >= 15 is 0 Å². The van der Waals surface area contributed by atoms with E-state index in [1.54, 1.807) is 13.3 Å². The Morgan fingerprint density at radius 2 is 1.93 bits per heavy atom. The third kappa shape index (κ3) is 5.49. The van der Waals surface area contributed by atoms with E-state index in [4.69, 9.17) is 0 Å². The van der Waals surface area contributed by atoms with Crippen molar-refractivity contribution in [3.8, 4) is 11.3 Å². The number of hydrogen-bond acceptors (Lipinski definition) is 6. The van der Waals surface area contributed by atoms with Gasteiger partial charge in [0.15, 0.2) is 0 Å². The van der Waals surface area contributed by atoms with Gasteiger partial charge in [-0.1, -0.05) is 38.5 Å². The van der Waals surface area contributed by atoms with Gasteiger partial charge < -0.3 is 15.0 Å². The van der Waals surface area contributed by atoms with E-state index < -0.39 is 23.5 Å². The molecule has 11 heteroatoms. The fraction of sp³-hybridized carbons (Fsp3) is 0.533. The van der Waals surface area contributed by atoms with Gasteiger partial charge >= 0.3 is 6.18 Å². The number of pyridine rings is 1. The number of benzene rings is 1. The monoisotopic (exact) mass is 569 g/mol. The number of rotatable bonds is 8. The maximum absolute atomic E-state index is 14.0. The largest absolute Gasteiger partial charge is 0.433 e. The Kier molecular flexibility index (Phi) is 8.20. The average molecular weight is 570 g/mol. The van der Waals surface area contributed by atoms with Crippen LogP contribution in [0.1, 0.15) is 94.0 Å². The van der Waals surface area contributed by atoms with Crippen LogP contribution in [0.5, 0.6) is 0 Å². The quantitative estimate of drug-likeness (QED) is 0.230. The van der Waals surface area contributed by atoms with Crippen LogP contribution in [-0.4, -0.2) is 47.2 Å². The summed E-state index contributed by atoms with van der Waals surface area (Å²) in [5.41, 5.74) is 1.45. The third-order valence-electron chi connectivity index (χ3n) is 8.58. The van der Waals surface area contributed by atoms with Gasteiger partial charge in [0.2, 0.25) is 0 Å². The number of halogens is 3. The molecule has 4 aromatic rings. The molecule has 2 atom stereocenters. The molecule has 3 heterocycles. The maximum Gasteiger partial charge on any atom is 0.433 e. The SMILES string of the molecule is CC.CC(NC1(CO)CCC1)c1nc(C(F)(F)F)cc2c(-c3cccc(C(c4nncn4C)C4CCC4)c3)n[nH]c12. The molecule has 41 heavy (non-hydrogen) atoms. The zero-order valence-electron chi connectivity index (χ0n) is 24.0. The molecule has 3 aromatic heterocycles. The van der Waals surface area contributed by atoms with Crippen LogP contribution >= 0.6 is 0 Å². The minimum Gasteiger partial charge on any atom is -0.394 e. The van der Waals surface area contributed by atoms with Crippen LogP contribution < -0.4 is 5.32 Å². The first-order valence-corrected chi connectivity index (χ1v) is 14.5. The molecule has 8 nitrogen and oxygen atoms in total. The molecule has 1 aromatic carbocycles. The van der Waals surface area contributed by atoms with Crippen LogP contribution in [0, 0.1) is 5.92 Å². The van der Waals surface area contributed by atoms with Gasteiger partial charge in [0.1, 0.15) is 23.5 Å². The van der Waals surface area contributed by atoms with Gasteiger partial charge in [-0.3, -0.25) is 5.10 Å². The van der Waals surface area contributed by atoms with Crippen LogP contribution in [0.15, 0.2) is 36.7 Å². The zero-order valence-corrected chi connectivity index (χ0v) is 24.0. The molecule has 0 amide bonds. The minimum absolute atomic E-state index is 0.0424. The summed E-state index contributed by atoms with van der Waals surface area (Å²) in [6, 6.07) is 8.40. The van der Waals surface area contributed by atoms with Crippen molar-refractivity contribution in [3.05, 3.63) is 59.4 Å². The first kappa shape index (κ1) is 29.2. The van der Waals surface area contributed by atoms with E-state index in [0.717, 1.165) is 55.1 Å². The van der Waals surface area contributed by atoms with E-state index in [9.17, 15) is 18.3 Å². The highest BCUT2D eigenvalue weighted by molar-refractivity contribution is 5.94. The van der Waals surface area contributed by atoms with Crippen molar-refractivity contribution in [2.45, 2.75) is 83.0 Å². The van der Waals surface area contributed by atoms with Crippen molar-refractivity contribution in [1.82, 2.24) is 35.3 Å². The van der Waals surface area contributed by atoms with Crippen molar-refractivity contribution in [2.24, 2.45) is 13.0 Å². The smallest absolute Gasteiger partial charge is 0.394 e. The van der Waals surface area contributed by atoms with Gasteiger partial charge in [0, 0.05) is 35.5 Å². The second kappa shape index (κ2) is 11.5. The number of H-pyrrole nitrogens is 1. The normalized spacial score (nSPS) is 18.2. The molecule has 2 unspecified atom stereocenters. The first-order chi connectivity index (χ1) is 19.7. The van der Waals surface area contributed by atoms with Gasteiger partial charge in [0.25, 0.3) is 0 Å². The average Bonchev–Trinajstić information content (AvgIpc) is 3.54. The lowest BCUT2D eigenvalue weighted by Gasteiger charge is -2.43. The number of aromatic amines is 1. The van der Waals surface area contributed by atoms with Gasteiger partial charge in [-0.15, -0.1) is 10.2 Å². The summed E-state index contributed by atoms with van der Waals surface area (Å²) in [6.45, 7) is 5.71. The molecule has 0 radical (unpaired) electrons. The summed E-state index contributed by atoms with van der Waals surface area (Å²) >= 11 is 0. The Morgan fingerprint density at radius 1 is 1.17 bits per heavy atom. The lowest BCUT2D eigenvalue weighted by atomic mass is 9.72. The summed E-state index contributed by atoms with van der Waals surface area (Å²) in [7, 11) is 1.93. The molecule has 2 fully saturated rings. The van der Waals surface area contributed by atoms with Crippen LogP contribution in [0.25, 0.3) is 22.2 Å². The summed E-state index contributed by atoms with van der Waals surface area (Å²) in [5, 5.41) is 29.6. The number of nitrogens with one attached hydrogen (secondary N) is 2. The Labute approximate surface area is 237 Å². The van der Waals surface area contributed by atoms with E-state index in [2.05, 4.69) is 30.7 Å². The van der Waals surface area contributed by atoms with Crippen LogP contribution in [0.3, 0.4) is 0 Å². The van der Waals surface area contributed by atoms with Gasteiger partial charge in [-0.05, 0) is 62.6 Å². The highest BCUT2D eigenvalue weighted by Gasteiger charge is 2.40. The Hall–Kier alpha value is -3.31. The zero-order chi connectivity index (χ0) is 29.4. The highest BCUT2D eigenvalue weighted by atomic mass is 19.4. The number of fused-ring (bicyclic) bond motifs is 1. The van der Waals surface area contributed by atoms with E-state index in [-0.39, 0.29) is 18.2 Å². The first-order valence-electron chi connectivity index (χ1n) is 14.5. The van der Waals surface area contributed by atoms with Crippen LogP contribution in [-0.2, 0) is 13.2 Å².